The van der Waals surface area contributed by atoms with Gasteiger partial charge in [-0.05, 0) is 74.2 Å². The number of hydrogen-bond acceptors (Lipinski definition) is 7. The van der Waals surface area contributed by atoms with Crippen LogP contribution in [-0.2, 0) is 34.4 Å². The molecule has 1 N–H and O–H groups in total. The van der Waals surface area contributed by atoms with Crippen LogP contribution in [0.4, 0.5) is 26.3 Å². The van der Waals surface area contributed by atoms with Crippen LogP contribution >= 0.6 is 0 Å². The number of halogens is 6. The second-order valence-corrected chi connectivity index (χ2v) is 13.2. The number of sulfonamides is 2. The van der Waals surface area contributed by atoms with E-state index in [0.717, 1.165) is 55.6 Å². The number of ether oxygens (including phenoxy) is 1. The van der Waals surface area contributed by atoms with Crippen LogP contribution in [0.3, 0.4) is 0 Å². The summed E-state index contributed by atoms with van der Waals surface area (Å²) in [5.74, 6) is -4.53. The molecule has 2 aromatic rings. The first kappa shape index (κ1) is 34.3. The van der Waals surface area contributed by atoms with Crippen molar-refractivity contribution in [2.45, 2.75) is 59.4 Å². The summed E-state index contributed by atoms with van der Waals surface area (Å²) < 4.78 is 134. The number of nitrogens with zero attached hydrogens (tertiary/aromatic N) is 2. The second-order valence-electron chi connectivity index (χ2n) is 9.52. The van der Waals surface area contributed by atoms with Gasteiger partial charge >= 0.3 is 11.9 Å². The van der Waals surface area contributed by atoms with Gasteiger partial charge in [0.05, 0.1) is 16.9 Å². The molecule has 2 fully saturated rings. The lowest BCUT2D eigenvalue weighted by Crippen LogP contribution is -2.58. The van der Waals surface area contributed by atoms with Crippen molar-refractivity contribution in [3.8, 4) is 0 Å². The molecule has 4 rings (SSSR count). The molecular formula is C25H26F6N2O8S2. The number of carbonyl (C=O) groups is 2. The minimum Gasteiger partial charge on any atom is -0.480 e. The predicted octanol–water partition coefficient (Wildman–Crippen LogP) is 3.49. The molecular weight excluding hydrogens is 634 g/mol. The SMILES string of the molecule is COC(=O)[C@]1(C(F)F)CCCN1S(=O)(=O)c1ccc(F)cc1.O=C(O)[C@]1(C(F)F)CCCN1S(=O)(=O)c1ccc(F)cc1. The van der Waals surface area contributed by atoms with Crippen molar-refractivity contribution in [2.24, 2.45) is 0 Å². The summed E-state index contributed by atoms with van der Waals surface area (Å²) in [6.45, 7) is -0.560. The zero-order chi connectivity index (χ0) is 32.4. The van der Waals surface area contributed by atoms with Crippen molar-refractivity contribution >= 4 is 32.0 Å². The number of carbonyl (C=O) groups excluding carboxylic acids is 1. The summed E-state index contributed by atoms with van der Waals surface area (Å²) in [7, 11) is -7.90. The fourth-order valence-corrected chi connectivity index (χ4v) is 8.54. The quantitative estimate of drug-likeness (QED) is 0.336. The molecule has 238 valence electrons. The van der Waals surface area contributed by atoms with Gasteiger partial charge in [-0.25, -0.2) is 52.8 Å². The van der Waals surface area contributed by atoms with E-state index in [1.165, 1.54) is 0 Å². The van der Waals surface area contributed by atoms with Crippen LogP contribution in [0.5, 0.6) is 0 Å². The lowest BCUT2D eigenvalue weighted by atomic mass is 9.98. The summed E-state index contributed by atoms with van der Waals surface area (Å²) in [5.41, 5.74) is -5.31. The molecule has 0 bridgehead atoms. The van der Waals surface area contributed by atoms with Gasteiger partial charge in [-0.3, -0.25) is 0 Å². The topological polar surface area (TPSA) is 138 Å². The minimum absolute atomic E-state index is 0.0110. The van der Waals surface area contributed by atoms with Gasteiger partial charge in [0.2, 0.25) is 20.0 Å². The highest BCUT2D eigenvalue weighted by Gasteiger charge is 2.61. The predicted molar refractivity (Wildman–Crippen MR) is 136 cm³/mol. The molecule has 0 radical (unpaired) electrons. The Balaban J connectivity index is 0.000000236. The molecule has 2 aliphatic heterocycles. The van der Waals surface area contributed by atoms with Crippen molar-refractivity contribution in [3.63, 3.8) is 0 Å². The van der Waals surface area contributed by atoms with Gasteiger partial charge in [0, 0.05) is 13.1 Å². The number of esters is 1. The number of carboxylic acids is 1. The summed E-state index contributed by atoms with van der Waals surface area (Å²) in [4.78, 5) is 22.3. The van der Waals surface area contributed by atoms with Crippen LogP contribution in [0, 0.1) is 11.6 Å². The van der Waals surface area contributed by atoms with Gasteiger partial charge < -0.3 is 9.84 Å². The fraction of sp³-hybridized carbons (Fsp3) is 0.440. The zero-order valence-electron chi connectivity index (χ0n) is 22.3. The van der Waals surface area contributed by atoms with E-state index in [-0.39, 0.29) is 37.2 Å². The van der Waals surface area contributed by atoms with Gasteiger partial charge in [-0.1, -0.05) is 0 Å². The number of methoxy groups -OCH3 is 1. The standard InChI is InChI=1S/C13H14F3NO4S.C12H12F3NO4S/c1-21-12(18)13(11(15)16)7-2-8-17(13)22(19,20)10-5-3-9(14)4-6-10;13-8-2-4-9(5-3-8)21(19,20)16-7-1-6-12(16,10(14)15)11(17)18/h3-6,11H,2,7-8H2,1H3;2-5,10H,1,6-7H2,(H,17,18)/t13-;12-/m11/s1. The Hall–Kier alpha value is -3.22. The Morgan fingerprint density at radius 3 is 1.42 bits per heavy atom. The van der Waals surface area contributed by atoms with Gasteiger partial charge in [-0.2, -0.15) is 8.61 Å². The molecule has 2 heterocycles. The normalized spacial score (nSPS) is 23.3. The maximum atomic E-state index is 13.5. The zero-order valence-corrected chi connectivity index (χ0v) is 23.9. The van der Waals surface area contributed by atoms with E-state index in [1.807, 2.05) is 0 Å². The second kappa shape index (κ2) is 12.8. The largest absolute Gasteiger partial charge is 0.480 e. The molecule has 2 atom stereocenters. The van der Waals surface area contributed by atoms with Gasteiger partial charge in [0.15, 0.2) is 11.1 Å². The summed E-state index contributed by atoms with van der Waals surface area (Å²) in [6.07, 6.45) is -7.31. The van der Waals surface area contributed by atoms with Crippen molar-refractivity contribution in [1.29, 1.82) is 0 Å². The van der Waals surface area contributed by atoms with E-state index < -0.39 is 78.9 Å². The Bertz CT molecular complexity index is 1540. The average molecular weight is 661 g/mol. The van der Waals surface area contributed by atoms with Crippen LogP contribution in [0.1, 0.15) is 25.7 Å². The van der Waals surface area contributed by atoms with E-state index >= 15 is 0 Å². The molecule has 2 aliphatic rings. The fourth-order valence-electron chi connectivity index (χ4n) is 4.98. The molecule has 0 saturated carbocycles. The number of alkyl halides is 4. The first-order valence-electron chi connectivity index (χ1n) is 12.4. The van der Waals surface area contributed by atoms with Crippen LogP contribution < -0.4 is 0 Å². The Morgan fingerprint density at radius 2 is 1.09 bits per heavy atom. The van der Waals surface area contributed by atoms with E-state index in [1.54, 1.807) is 0 Å². The molecule has 0 unspecified atom stereocenters. The van der Waals surface area contributed by atoms with Crippen molar-refractivity contribution in [3.05, 3.63) is 60.2 Å². The van der Waals surface area contributed by atoms with Crippen LogP contribution in [-0.4, -0.2) is 86.6 Å². The smallest absolute Gasteiger partial charge is 0.333 e. The maximum Gasteiger partial charge on any atom is 0.333 e. The number of hydrogen-bond donors (Lipinski definition) is 1. The number of aliphatic carboxylic acids is 1. The maximum absolute atomic E-state index is 13.5. The molecule has 10 nitrogen and oxygen atoms in total. The highest BCUT2D eigenvalue weighted by atomic mass is 32.2. The minimum atomic E-state index is -4.45. The number of carboxylic acid groups (broad SMARTS) is 1. The van der Waals surface area contributed by atoms with E-state index in [4.69, 9.17) is 5.11 Å². The lowest BCUT2D eigenvalue weighted by molar-refractivity contribution is -0.160. The first-order chi connectivity index (χ1) is 20.0. The third-order valence-corrected chi connectivity index (χ3v) is 11.1. The van der Waals surface area contributed by atoms with Crippen molar-refractivity contribution < 1.29 is 62.6 Å². The molecule has 18 heteroatoms. The molecule has 0 spiro atoms. The van der Waals surface area contributed by atoms with E-state index in [2.05, 4.69) is 4.74 Å². The molecule has 2 saturated heterocycles. The van der Waals surface area contributed by atoms with Crippen LogP contribution in [0.15, 0.2) is 58.3 Å². The first-order valence-corrected chi connectivity index (χ1v) is 15.3. The summed E-state index contributed by atoms with van der Waals surface area (Å²) in [5, 5.41) is 9.11. The Morgan fingerprint density at radius 1 is 0.744 bits per heavy atom. The van der Waals surface area contributed by atoms with Crippen molar-refractivity contribution in [1.82, 2.24) is 8.61 Å². The Labute approximate surface area is 242 Å². The number of benzene rings is 2. The van der Waals surface area contributed by atoms with Crippen LogP contribution in [0.25, 0.3) is 0 Å². The molecule has 0 amide bonds. The van der Waals surface area contributed by atoms with Gasteiger partial charge in [-0.15, -0.1) is 0 Å². The highest BCUT2D eigenvalue weighted by molar-refractivity contribution is 7.89. The van der Waals surface area contributed by atoms with Gasteiger partial charge in [0.25, 0.3) is 12.9 Å². The van der Waals surface area contributed by atoms with Crippen molar-refractivity contribution in [2.75, 3.05) is 20.2 Å². The molecule has 0 aromatic heterocycles. The molecule has 0 aliphatic carbocycles. The van der Waals surface area contributed by atoms with Crippen LogP contribution in [0.2, 0.25) is 0 Å². The molecule has 2 aromatic carbocycles. The number of rotatable bonds is 8. The third-order valence-electron chi connectivity index (χ3n) is 7.16. The lowest BCUT2D eigenvalue weighted by Gasteiger charge is -2.34. The Kier molecular flexibility index (Phi) is 10.2. The van der Waals surface area contributed by atoms with E-state index in [0.29, 0.717) is 8.61 Å². The average Bonchev–Trinajstić information content (AvgIpc) is 3.61. The monoisotopic (exact) mass is 660 g/mol. The van der Waals surface area contributed by atoms with E-state index in [9.17, 15) is 52.8 Å². The molecule has 43 heavy (non-hydrogen) atoms. The third kappa shape index (κ3) is 6.09. The summed E-state index contributed by atoms with van der Waals surface area (Å²) in [6, 6.07) is 7.33. The highest BCUT2D eigenvalue weighted by Crippen LogP contribution is 2.41. The van der Waals surface area contributed by atoms with Gasteiger partial charge in [0.1, 0.15) is 11.6 Å². The summed E-state index contributed by atoms with van der Waals surface area (Å²) >= 11 is 0.